The van der Waals surface area contributed by atoms with E-state index < -0.39 is 33.5 Å². The van der Waals surface area contributed by atoms with Crippen LogP contribution >= 0.6 is 11.3 Å². The van der Waals surface area contributed by atoms with Gasteiger partial charge in [-0.05, 0) is 41.5 Å². The third kappa shape index (κ3) is 11.1. The number of hydrogen-bond acceptors (Lipinski definition) is 9. The van der Waals surface area contributed by atoms with E-state index >= 15 is 0 Å². The van der Waals surface area contributed by atoms with E-state index in [9.17, 15) is 23.1 Å². The topological polar surface area (TPSA) is 141 Å². The summed E-state index contributed by atoms with van der Waals surface area (Å²) in [7, 11) is -2.48. The standard InChI is InChI=1S/C32H47N5O6S2/c1-23(2)20-36(45(41,42)25-12-13-26-29(17-25)44-22-34-26)21-28(38)27(16-24-10-8-7-9-11-24)37(31(40)18-32(3,4)5)35-30(39)19-33-14-15-43-6/h7-13,17,22-23,27-28,33,38H,14-16,18-21H2,1-6H3,(H,35,39)/t27?,28-/m1/s1. The molecule has 11 nitrogen and oxygen atoms in total. The highest BCUT2D eigenvalue weighted by atomic mass is 32.2. The Labute approximate surface area is 271 Å². The predicted molar refractivity (Wildman–Crippen MR) is 177 cm³/mol. The van der Waals surface area contributed by atoms with Gasteiger partial charge in [0.25, 0.3) is 5.91 Å². The van der Waals surface area contributed by atoms with Gasteiger partial charge in [0.15, 0.2) is 0 Å². The van der Waals surface area contributed by atoms with E-state index in [1.165, 1.54) is 26.7 Å². The third-order valence-electron chi connectivity index (χ3n) is 6.93. The number of ether oxygens (including phenoxy) is 1. The van der Waals surface area contributed by atoms with Gasteiger partial charge in [-0.25, -0.2) is 18.4 Å². The number of carbonyl (C=O) groups excluding carboxylic acids is 2. The highest BCUT2D eigenvalue weighted by molar-refractivity contribution is 7.89. The van der Waals surface area contributed by atoms with Gasteiger partial charge in [-0.15, -0.1) is 11.3 Å². The van der Waals surface area contributed by atoms with Gasteiger partial charge in [0, 0.05) is 33.2 Å². The molecular weight excluding hydrogens is 615 g/mol. The highest BCUT2D eigenvalue weighted by Crippen LogP contribution is 2.26. The summed E-state index contributed by atoms with van der Waals surface area (Å²) >= 11 is 1.35. The zero-order valence-electron chi connectivity index (χ0n) is 27.0. The number of aliphatic hydroxyl groups excluding tert-OH is 1. The number of aromatic nitrogens is 1. The van der Waals surface area contributed by atoms with E-state index in [1.807, 2.05) is 65.0 Å². The van der Waals surface area contributed by atoms with Crippen molar-refractivity contribution in [1.29, 1.82) is 0 Å². The zero-order chi connectivity index (χ0) is 33.2. The number of fused-ring (bicyclic) bond motifs is 1. The SMILES string of the molecule is COCCNCC(=O)NN(C(=O)CC(C)(C)C)C(Cc1ccccc1)[C@H](O)CN(CC(C)C)S(=O)(=O)c1ccc2ncsc2c1. The van der Waals surface area contributed by atoms with Gasteiger partial charge in [0.2, 0.25) is 15.9 Å². The van der Waals surface area contributed by atoms with Crippen molar-refractivity contribution in [3.8, 4) is 0 Å². The molecule has 248 valence electrons. The molecule has 0 bridgehead atoms. The van der Waals surface area contributed by atoms with E-state index in [-0.39, 0.29) is 49.2 Å². The fourth-order valence-electron chi connectivity index (χ4n) is 4.83. The van der Waals surface area contributed by atoms with Crippen LogP contribution in [0, 0.1) is 11.3 Å². The zero-order valence-corrected chi connectivity index (χ0v) is 28.7. The summed E-state index contributed by atoms with van der Waals surface area (Å²) in [6.07, 6.45) is -1.08. The van der Waals surface area contributed by atoms with Crippen LogP contribution in [-0.4, -0.2) is 91.7 Å². The summed E-state index contributed by atoms with van der Waals surface area (Å²) in [6.45, 7) is 10.2. The first-order chi connectivity index (χ1) is 21.2. The third-order valence-corrected chi connectivity index (χ3v) is 9.55. The number of methoxy groups -OCH3 is 1. The minimum absolute atomic E-state index is 0.0526. The van der Waals surface area contributed by atoms with Crippen molar-refractivity contribution in [2.24, 2.45) is 11.3 Å². The van der Waals surface area contributed by atoms with Crippen molar-refractivity contribution in [2.45, 2.75) is 64.5 Å². The molecule has 1 heterocycles. The molecule has 2 aromatic carbocycles. The quantitative estimate of drug-likeness (QED) is 0.157. The number of thiazole rings is 1. The minimum Gasteiger partial charge on any atom is -0.390 e. The number of carbonyl (C=O) groups is 2. The van der Waals surface area contributed by atoms with Crippen molar-refractivity contribution >= 4 is 43.4 Å². The Kier molecular flexibility index (Phi) is 13.5. The number of hydrazine groups is 1. The summed E-state index contributed by atoms with van der Waals surface area (Å²) in [6, 6.07) is 13.1. The first-order valence-electron chi connectivity index (χ1n) is 15.1. The van der Waals surface area contributed by atoms with Gasteiger partial charge in [0.1, 0.15) is 0 Å². The molecule has 0 spiro atoms. The van der Waals surface area contributed by atoms with Gasteiger partial charge in [-0.1, -0.05) is 65.0 Å². The van der Waals surface area contributed by atoms with Crippen molar-refractivity contribution in [3.63, 3.8) is 0 Å². The Morgan fingerprint density at radius 1 is 1.09 bits per heavy atom. The molecule has 3 N–H and O–H groups in total. The Morgan fingerprint density at radius 2 is 1.80 bits per heavy atom. The lowest BCUT2D eigenvalue weighted by molar-refractivity contribution is -0.149. The summed E-state index contributed by atoms with van der Waals surface area (Å²) < 4.78 is 35.1. The van der Waals surface area contributed by atoms with Crippen LogP contribution in [0.5, 0.6) is 0 Å². The summed E-state index contributed by atoms with van der Waals surface area (Å²) in [5.74, 6) is -0.909. The first-order valence-corrected chi connectivity index (χ1v) is 17.4. The number of nitrogens with one attached hydrogen (secondary N) is 2. The molecule has 2 amide bonds. The van der Waals surface area contributed by atoms with Crippen LogP contribution in [0.2, 0.25) is 0 Å². The van der Waals surface area contributed by atoms with Crippen LogP contribution in [0.15, 0.2) is 58.9 Å². The van der Waals surface area contributed by atoms with Gasteiger partial charge < -0.3 is 15.2 Å². The number of aliphatic hydroxyl groups is 1. The van der Waals surface area contributed by atoms with Crippen LogP contribution in [0.25, 0.3) is 10.2 Å². The second-order valence-electron chi connectivity index (χ2n) is 12.7. The number of benzene rings is 2. The maximum atomic E-state index is 14.0. The van der Waals surface area contributed by atoms with E-state index in [4.69, 9.17) is 4.74 Å². The summed E-state index contributed by atoms with van der Waals surface area (Å²) in [5, 5.41) is 16.1. The van der Waals surface area contributed by atoms with E-state index in [1.54, 1.807) is 24.8 Å². The minimum atomic E-state index is -4.04. The van der Waals surface area contributed by atoms with Gasteiger partial charge in [-0.2, -0.15) is 4.31 Å². The lowest BCUT2D eigenvalue weighted by Gasteiger charge is -2.38. The normalized spacial score (nSPS) is 13.7. The van der Waals surface area contributed by atoms with Crippen LogP contribution in [0.3, 0.4) is 0 Å². The fourth-order valence-corrected chi connectivity index (χ4v) is 7.27. The van der Waals surface area contributed by atoms with Gasteiger partial charge in [-0.3, -0.25) is 15.0 Å². The fraction of sp³-hybridized carbons (Fsp3) is 0.531. The molecule has 3 rings (SSSR count). The molecule has 0 saturated heterocycles. The van der Waals surface area contributed by atoms with Crippen molar-refractivity contribution in [1.82, 2.24) is 25.0 Å². The summed E-state index contributed by atoms with van der Waals surface area (Å²) in [4.78, 5) is 31.2. The highest BCUT2D eigenvalue weighted by Gasteiger charge is 2.37. The molecule has 0 saturated carbocycles. The Balaban J connectivity index is 1.99. The van der Waals surface area contributed by atoms with E-state index in [0.717, 1.165) is 10.3 Å². The monoisotopic (exact) mass is 661 g/mol. The lowest BCUT2D eigenvalue weighted by atomic mass is 9.91. The van der Waals surface area contributed by atoms with Crippen LogP contribution < -0.4 is 10.7 Å². The molecule has 0 radical (unpaired) electrons. The van der Waals surface area contributed by atoms with Crippen LogP contribution in [0.1, 0.15) is 46.6 Å². The molecule has 0 aliphatic rings. The Hall–Kier alpha value is -2.94. The molecule has 1 aromatic heterocycles. The number of nitrogens with zero attached hydrogens (tertiary/aromatic N) is 3. The van der Waals surface area contributed by atoms with Gasteiger partial charge in [0.05, 0.1) is 45.9 Å². The molecule has 13 heteroatoms. The number of amides is 2. The second-order valence-corrected chi connectivity index (χ2v) is 15.6. The molecular formula is C32H47N5O6S2. The molecule has 2 atom stereocenters. The van der Waals surface area contributed by atoms with E-state index in [0.29, 0.717) is 18.7 Å². The maximum absolute atomic E-state index is 14.0. The smallest absolute Gasteiger partial charge is 0.252 e. The maximum Gasteiger partial charge on any atom is 0.252 e. The number of rotatable bonds is 16. The average Bonchev–Trinajstić information content (AvgIpc) is 3.44. The number of sulfonamides is 1. The van der Waals surface area contributed by atoms with Crippen LogP contribution in [-0.2, 0) is 30.8 Å². The molecule has 45 heavy (non-hydrogen) atoms. The van der Waals surface area contributed by atoms with Crippen molar-refractivity contribution in [2.75, 3.05) is 39.9 Å². The first kappa shape index (κ1) is 36.5. The lowest BCUT2D eigenvalue weighted by Crippen LogP contribution is -2.60. The Morgan fingerprint density at radius 3 is 2.44 bits per heavy atom. The summed E-state index contributed by atoms with van der Waals surface area (Å²) in [5.41, 5.74) is 5.50. The van der Waals surface area contributed by atoms with E-state index in [2.05, 4.69) is 15.7 Å². The van der Waals surface area contributed by atoms with Gasteiger partial charge >= 0.3 is 0 Å². The average molecular weight is 662 g/mol. The number of hydrogen-bond donors (Lipinski definition) is 3. The van der Waals surface area contributed by atoms with Crippen molar-refractivity contribution < 1.29 is 27.9 Å². The largest absolute Gasteiger partial charge is 0.390 e. The van der Waals surface area contributed by atoms with Crippen LogP contribution in [0.4, 0.5) is 0 Å². The molecule has 0 aliphatic heterocycles. The Bertz CT molecular complexity index is 1490. The predicted octanol–water partition coefficient (Wildman–Crippen LogP) is 3.45. The van der Waals surface area contributed by atoms with Crippen molar-refractivity contribution in [3.05, 3.63) is 59.6 Å². The second kappa shape index (κ2) is 16.6. The molecule has 1 unspecified atom stereocenters. The molecule has 3 aromatic rings. The molecule has 0 aliphatic carbocycles. The molecule has 0 fully saturated rings.